The van der Waals surface area contributed by atoms with Crippen molar-refractivity contribution < 1.29 is 23.5 Å². The number of ether oxygens (including phenoxy) is 2. The fourth-order valence-electron chi connectivity index (χ4n) is 3.79. The maximum absolute atomic E-state index is 11.9. The molecule has 1 aromatic heterocycles. The number of piperidine rings is 1. The molecule has 1 unspecified atom stereocenters. The van der Waals surface area contributed by atoms with Crippen molar-refractivity contribution in [3.05, 3.63) is 66.1 Å². The Morgan fingerprint density at radius 2 is 2.14 bits per heavy atom. The second-order valence-corrected chi connectivity index (χ2v) is 9.32. The highest BCUT2D eigenvalue weighted by Gasteiger charge is 2.21. The summed E-state index contributed by atoms with van der Waals surface area (Å²) >= 11 is 1.47. The number of nitrogens with zero attached hydrogens (tertiary/aromatic N) is 1. The highest BCUT2D eigenvalue weighted by atomic mass is 32.2. The Bertz CT molecular complexity index is 935. The predicted molar refractivity (Wildman–Crippen MR) is 138 cm³/mol. The zero-order valence-corrected chi connectivity index (χ0v) is 21.1. The van der Waals surface area contributed by atoms with Crippen LogP contribution in [0.4, 0.5) is 0 Å². The zero-order valence-electron chi connectivity index (χ0n) is 20.2. The first-order chi connectivity index (χ1) is 17.2. The van der Waals surface area contributed by atoms with Crippen molar-refractivity contribution in [2.75, 3.05) is 44.9 Å². The lowest BCUT2D eigenvalue weighted by Crippen LogP contribution is -2.39. The molecule has 1 atom stereocenters. The molecule has 2 aromatic rings. The number of benzene rings is 1. The number of nitrogens with one attached hydrogen (secondary N) is 2. The van der Waals surface area contributed by atoms with E-state index in [0.29, 0.717) is 36.8 Å². The summed E-state index contributed by atoms with van der Waals surface area (Å²) < 4.78 is 16.3. The topological polar surface area (TPSA) is 93.0 Å². The van der Waals surface area contributed by atoms with Crippen LogP contribution in [0.3, 0.4) is 0 Å². The van der Waals surface area contributed by atoms with Crippen LogP contribution in [0.5, 0.6) is 5.75 Å². The van der Waals surface area contributed by atoms with Crippen molar-refractivity contribution in [3.63, 3.8) is 0 Å². The molecule has 3 rings (SSSR count). The minimum atomic E-state index is -0.176. The van der Waals surface area contributed by atoms with Crippen LogP contribution in [0.1, 0.15) is 35.2 Å². The minimum absolute atomic E-state index is 0.0403. The lowest BCUT2D eigenvalue weighted by Gasteiger charge is -2.34. The van der Waals surface area contributed by atoms with E-state index in [0.717, 1.165) is 25.3 Å². The van der Waals surface area contributed by atoms with E-state index in [4.69, 9.17) is 13.9 Å². The van der Waals surface area contributed by atoms with Gasteiger partial charge in [0.2, 0.25) is 5.91 Å². The SMILES string of the molecule is COC1CCCCN1Cc1cccc(OC/C=C\CNC(=O)CSCCNC(=O)c2ccoc2)c1. The highest BCUT2D eigenvalue weighted by Crippen LogP contribution is 2.22. The van der Waals surface area contributed by atoms with Gasteiger partial charge in [-0.25, -0.2) is 0 Å². The number of hydrogen-bond acceptors (Lipinski definition) is 7. The molecule has 1 aromatic carbocycles. The summed E-state index contributed by atoms with van der Waals surface area (Å²) in [4.78, 5) is 26.1. The first kappa shape index (κ1) is 26.8. The van der Waals surface area contributed by atoms with Crippen LogP contribution >= 0.6 is 11.8 Å². The Morgan fingerprint density at radius 1 is 1.23 bits per heavy atom. The van der Waals surface area contributed by atoms with E-state index in [-0.39, 0.29) is 18.0 Å². The Morgan fingerprint density at radius 3 is 2.97 bits per heavy atom. The number of rotatable bonds is 14. The zero-order chi connectivity index (χ0) is 24.7. The van der Waals surface area contributed by atoms with Crippen LogP contribution in [0, 0.1) is 0 Å². The standard InChI is InChI=1S/C26H35N3O5S/c1-32-25-9-2-4-13-29(25)18-21-7-6-8-23(17-21)34-14-5-3-11-27-24(30)20-35-16-12-28-26(31)22-10-15-33-19-22/h3,5-8,10,15,17,19,25H,2,4,9,11-14,16,18,20H2,1H3,(H,27,30)(H,28,31)/b5-3-. The number of methoxy groups -OCH3 is 1. The fourth-order valence-corrected chi connectivity index (χ4v) is 4.47. The Hall–Kier alpha value is -2.75. The van der Waals surface area contributed by atoms with Gasteiger partial charge in [-0.2, -0.15) is 11.8 Å². The monoisotopic (exact) mass is 501 g/mol. The molecular formula is C26H35N3O5S. The molecule has 0 radical (unpaired) electrons. The van der Waals surface area contributed by atoms with Gasteiger partial charge >= 0.3 is 0 Å². The molecule has 9 heteroatoms. The maximum atomic E-state index is 11.9. The molecule has 0 spiro atoms. The number of furan rings is 1. The van der Waals surface area contributed by atoms with Crippen LogP contribution in [0.2, 0.25) is 0 Å². The van der Waals surface area contributed by atoms with Crippen molar-refractivity contribution in [1.29, 1.82) is 0 Å². The third-order valence-corrected chi connectivity index (χ3v) is 6.55. The second kappa shape index (κ2) is 15.3. The number of hydrogen-bond donors (Lipinski definition) is 2. The van der Waals surface area contributed by atoms with Crippen LogP contribution < -0.4 is 15.4 Å². The average Bonchev–Trinajstić information content (AvgIpc) is 3.42. The molecule has 2 heterocycles. The van der Waals surface area contributed by atoms with E-state index in [2.05, 4.69) is 27.7 Å². The molecule has 2 amide bonds. The van der Waals surface area contributed by atoms with E-state index in [1.807, 2.05) is 24.3 Å². The van der Waals surface area contributed by atoms with Crippen molar-refractivity contribution >= 4 is 23.6 Å². The summed E-state index contributed by atoms with van der Waals surface area (Å²) in [5.74, 6) is 1.62. The first-order valence-corrected chi connectivity index (χ1v) is 13.1. The predicted octanol–water partition coefficient (Wildman–Crippen LogP) is 3.45. The lowest BCUT2D eigenvalue weighted by molar-refractivity contribution is -0.118. The van der Waals surface area contributed by atoms with Gasteiger partial charge in [0.15, 0.2) is 0 Å². The van der Waals surface area contributed by atoms with Gasteiger partial charge in [-0.1, -0.05) is 18.2 Å². The normalized spacial score (nSPS) is 16.3. The summed E-state index contributed by atoms with van der Waals surface area (Å²) in [6.45, 7) is 3.29. The number of carbonyl (C=O) groups excluding carboxylic acids is 2. The Balaban J connectivity index is 1.24. The fraction of sp³-hybridized carbons (Fsp3) is 0.462. The smallest absolute Gasteiger partial charge is 0.254 e. The highest BCUT2D eigenvalue weighted by molar-refractivity contribution is 7.99. The maximum Gasteiger partial charge on any atom is 0.254 e. The Kier molecular flexibility index (Phi) is 11.7. The molecule has 35 heavy (non-hydrogen) atoms. The largest absolute Gasteiger partial charge is 0.490 e. The molecular weight excluding hydrogens is 466 g/mol. The van der Waals surface area contributed by atoms with Crippen molar-refractivity contribution in [1.82, 2.24) is 15.5 Å². The third kappa shape index (κ3) is 9.79. The lowest BCUT2D eigenvalue weighted by atomic mass is 10.1. The summed E-state index contributed by atoms with van der Waals surface area (Å²) in [5, 5.41) is 5.63. The van der Waals surface area contributed by atoms with Crippen LogP contribution in [0.15, 0.2) is 59.4 Å². The molecule has 1 fully saturated rings. The van der Waals surface area contributed by atoms with Crippen LogP contribution in [-0.2, 0) is 16.1 Å². The van der Waals surface area contributed by atoms with Gasteiger partial charge in [-0.15, -0.1) is 0 Å². The van der Waals surface area contributed by atoms with Gasteiger partial charge in [-0.05, 0) is 49.1 Å². The minimum Gasteiger partial charge on any atom is -0.490 e. The molecule has 1 aliphatic rings. The van der Waals surface area contributed by atoms with Crippen LogP contribution in [-0.4, -0.2) is 67.8 Å². The molecule has 0 aliphatic carbocycles. The van der Waals surface area contributed by atoms with E-state index in [1.165, 1.54) is 42.7 Å². The van der Waals surface area contributed by atoms with Gasteiger partial charge < -0.3 is 24.5 Å². The van der Waals surface area contributed by atoms with Crippen LogP contribution in [0.25, 0.3) is 0 Å². The van der Waals surface area contributed by atoms with E-state index < -0.39 is 0 Å². The van der Waals surface area contributed by atoms with E-state index in [1.54, 1.807) is 13.2 Å². The summed E-state index contributed by atoms with van der Waals surface area (Å²) in [7, 11) is 1.78. The number of amides is 2. The summed E-state index contributed by atoms with van der Waals surface area (Å²) in [6, 6.07) is 9.77. The first-order valence-electron chi connectivity index (χ1n) is 11.9. The quantitative estimate of drug-likeness (QED) is 0.303. The molecule has 190 valence electrons. The summed E-state index contributed by atoms with van der Waals surface area (Å²) in [5.41, 5.74) is 1.70. The second-order valence-electron chi connectivity index (χ2n) is 8.21. The van der Waals surface area contributed by atoms with Gasteiger partial charge in [-0.3, -0.25) is 14.5 Å². The number of carbonyl (C=O) groups is 2. The molecule has 0 saturated carbocycles. The van der Waals surface area contributed by atoms with E-state index >= 15 is 0 Å². The van der Waals surface area contributed by atoms with Gasteiger partial charge in [0.25, 0.3) is 5.91 Å². The van der Waals surface area contributed by atoms with Crippen molar-refractivity contribution in [2.24, 2.45) is 0 Å². The molecule has 8 nitrogen and oxygen atoms in total. The van der Waals surface area contributed by atoms with Gasteiger partial charge in [0.05, 0.1) is 17.6 Å². The molecule has 1 saturated heterocycles. The third-order valence-electron chi connectivity index (χ3n) is 5.59. The molecule has 1 aliphatic heterocycles. The van der Waals surface area contributed by atoms with Gasteiger partial charge in [0, 0.05) is 39.0 Å². The average molecular weight is 502 g/mol. The molecule has 2 N–H and O–H groups in total. The number of likely N-dealkylation sites (tertiary alicyclic amines) is 1. The molecule has 0 bridgehead atoms. The summed E-state index contributed by atoms with van der Waals surface area (Å²) in [6.07, 6.45) is 10.3. The van der Waals surface area contributed by atoms with E-state index in [9.17, 15) is 9.59 Å². The van der Waals surface area contributed by atoms with Crippen molar-refractivity contribution in [3.8, 4) is 5.75 Å². The van der Waals surface area contributed by atoms with Crippen molar-refractivity contribution in [2.45, 2.75) is 32.0 Å². The number of thioether (sulfide) groups is 1. The van der Waals surface area contributed by atoms with Gasteiger partial charge in [0.1, 0.15) is 24.8 Å². The Labute approximate surface area is 211 Å².